The summed E-state index contributed by atoms with van der Waals surface area (Å²) in [6.07, 6.45) is 2.69. The molecule has 0 aliphatic carbocycles. The van der Waals surface area contributed by atoms with Crippen molar-refractivity contribution in [2.45, 2.75) is 30.3 Å². The molecule has 1 fully saturated rings. The van der Waals surface area contributed by atoms with Gasteiger partial charge in [-0.15, -0.1) is 0 Å². The predicted octanol–water partition coefficient (Wildman–Crippen LogP) is 2.47. The summed E-state index contributed by atoms with van der Waals surface area (Å²) in [5.74, 6) is 0.00796. The molecule has 7 nitrogen and oxygen atoms in total. The lowest BCUT2D eigenvalue weighted by atomic mass is 10.2. The summed E-state index contributed by atoms with van der Waals surface area (Å²) >= 11 is 0. The highest BCUT2D eigenvalue weighted by Crippen LogP contribution is 2.31. The maximum absolute atomic E-state index is 11.5. The van der Waals surface area contributed by atoms with Crippen LogP contribution >= 0.6 is 10.7 Å². The summed E-state index contributed by atoms with van der Waals surface area (Å²) in [5.41, 5.74) is -0.360. The van der Waals surface area contributed by atoms with Crippen LogP contribution in [-0.2, 0) is 13.8 Å². The van der Waals surface area contributed by atoms with Gasteiger partial charge in [-0.2, -0.15) is 0 Å². The van der Waals surface area contributed by atoms with Crippen LogP contribution in [0.5, 0.6) is 5.75 Å². The number of ether oxygens (including phenoxy) is 2. The molecule has 1 aromatic carbocycles. The Morgan fingerprint density at radius 1 is 1.48 bits per heavy atom. The Balaban J connectivity index is 2.12. The minimum absolute atomic E-state index is 0.00796. The standard InChI is InChI=1S/C12H14ClNO6S/c13-21(17,18)12-8-9(14(15)16)3-4-11(12)20-7-5-10-2-1-6-19-10/h3-4,8,10H,1-2,5-7H2. The second kappa shape index (κ2) is 6.59. The van der Waals surface area contributed by atoms with Gasteiger partial charge in [0, 0.05) is 35.8 Å². The molecule has 2 rings (SSSR count). The average Bonchev–Trinajstić information content (AvgIpc) is 2.90. The van der Waals surface area contributed by atoms with Crippen molar-refractivity contribution >= 4 is 25.4 Å². The number of halogens is 1. The fourth-order valence-electron chi connectivity index (χ4n) is 2.09. The van der Waals surface area contributed by atoms with Crippen LogP contribution in [-0.4, -0.2) is 32.7 Å². The fraction of sp³-hybridized carbons (Fsp3) is 0.500. The monoisotopic (exact) mass is 335 g/mol. The Morgan fingerprint density at radius 2 is 2.24 bits per heavy atom. The molecule has 0 aromatic heterocycles. The Kier molecular flexibility index (Phi) is 5.02. The SMILES string of the molecule is O=[N+]([O-])c1ccc(OCCC2CCCO2)c(S(=O)(=O)Cl)c1. The van der Waals surface area contributed by atoms with E-state index in [1.807, 2.05) is 0 Å². The van der Waals surface area contributed by atoms with E-state index in [2.05, 4.69) is 0 Å². The molecule has 1 aliphatic heterocycles. The normalized spacial score (nSPS) is 18.6. The first-order chi connectivity index (χ1) is 9.88. The summed E-state index contributed by atoms with van der Waals surface area (Å²) in [4.78, 5) is 9.60. The van der Waals surface area contributed by atoms with Gasteiger partial charge in [0.15, 0.2) is 0 Å². The van der Waals surface area contributed by atoms with Crippen LogP contribution in [0, 0.1) is 10.1 Å². The van der Waals surface area contributed by atoms with Crippen molar-refractivity contribution in [2.75, 3.05) is 13.2 Å². The van der Waals surface area contributed by atoms with Crippen molar-refractivity contribution in [1.29, 1.82) is 0 Å². The number of nitrogens with zero attached hydrogens (tertiary/aromatic N) is 1. The minimum Gasteiger partial charge on any atom is -0.492 e. The van der Waals surface area contributed by atoms with Crippen LogP contribution in [0.15, 0.2) is 23.1 Å². The smallest absolute Gasteiger partial charge is 0.271 e. The van der Waals surface area contributed by atoms with Gasteiger partial charge in [-0.1, -0.05) is 0 Å². The first-order valence-corrected chi connectivity index (χ1v) is 8.66. The third kappa shape index (κ3) is 4.29. The van der Waals surface area contributed by atoms with E-state index < -0.39 is 18.9 Å². The number of nitro benzene ring substituents is 1. The highest BCUT2D eigenvalue weighted by Gasteiger charge is 2.22. The molecule has 0 bridgehead atoms. The highest BCUT2D eigenvalue weighted by atomic mass is 35.7. The molecule has 0 radical (unpaired) electrons. The van der Waals surface area contributed by atoms with Crippen LogP contribution in [0.4, 0.5) is 5.69 Å². The zero-order valence-corrected chi connectivity index (χ0v) is 12.6. The van der Waals surface area contributed by atoms with E-state index in [0.717, 1.165) is 25.5 Å². The van der Waals surface area contributed by atoms with E-state index in [1.165, 1.54) is 12.1 Å². The number of nitro groups is 1. The molecule has 0 N–H and O–H groups in total. The lowest BCUT2D eigenvalue weighted by Gasteiger charge is -2.12. The fourth-order valence-corrected chi connectivity index (χ4v) is 3.08. The average molecular weight is 336 g/mol. The highest BCUT2D eigenvalue weighted by molar-refractivity contribution is 8.13. The van der Waals surface area contributed by atoms with Crippen LogP contribution in [0.1, 0.15) is 19.3 Å². The Bertz CT molecular complexity index is 627. The zero-order valence-electron chi connectivity index (χ0n) is 11.0. The molecule has 1 aromatic rings. The van der Waals surface area contributed by atoms with Gasteiger partial charge >= 0.3 is 0 Å². The quantitative estimate of drug-likeness (QED) is 0.450. The maximum atomic E-state index is 11.5. The van der Waals surface area contributed by atoms with E-state index in [1.54, 1.807) is 0 Å². The van der Waals surface area contributed by atoms with Crippen LogP contribution in [0.25, 0.3) is 0 Å². The van der Waals surface area contributed by atoms with Gasteiger partial charge in [0.05, 0.1) is 17.6 Å². The molecule has 1 unspecified atom stereocenters. The molecule has 1 aliphatic rings. The minimum atomic E-state index is -4.13. The van der Waals surface area contributed by atoms with Crippen molar-refractivity contribution < 1.29 is 22.8 Å². The van der Waals surface area contributed by atoms with E-state index in [0.29, 0.717) is 6.42 Å². The molecule has 0 spiro atoms. The number of non-ortho nitro benzene ring substituents is 1. The number of hydrogen-bond donors (Lipinski definition) is 0. The largest absolute Gasteiger partial charge is 0.492 e. The van der Waals surface area contributed by atoms with Crippen molar-refractivity contribution in [2.24, 2.45) is 0 Å². The van der Waals surface area contributed by atoms with Gasteiger partial charge < -0.3 is 9.47 Å². The molecule has 0 saturated carbocycles. The van der Waals surface area contributed by atoms with Gasteiger partial charge in [0.1, 0.15) is 10.6 Å². The zero-order chi connectivity index (χ0) is 15.5. The predicted molar refractivity (Wildman–Crippen MR) is 75.2 cm³/mol. The lowest BCUT2D eigenvalue weighted by molar-refractivity contribution is -0.385. The summed E-state index contributed by atoms with van der Waals surface area (Å²) in [5, 5.41) is 10.7. The Hall–Kier alpha value is -1.38. The lowest BCUT2D eigenvalue weighted by Crippen LogP contribution is -2.11. The molecule has 0 amide bonds. The molecular weight excluding hydrogens is 322 g/mol. The Labute approximate surface area is 126 Å². The van der Waals surface area contributed by atoms with Crippen molar-refractivity contribution in [1.82, 2.24) is 0 Å². The third-order valence-corrected chi connectivity index (χ3v) is 4.47. The van der Waals surface area contributed by atoms with Crippen LogP contribution in [0.3, 0.4) is 0 Å². The first-order valence-electron chi connectivity index (χ1n) is 6.35. The third-order valence-electron chi connectivity index (χ3n) is 3.12. The van der Waals surface area contributed by atoms with Gasteiger partial charge in [-0.25, -0.2) is 8.42 Å². The van der Waals surface area contributed by atoms with Crippen LogP contribution in [0.2, 0.25) is 0 Å². The second-order valence-corrected chi connectivity index (χ2v) is 7.13. The summed E-state index contributed by atoms with van der Waals surface area (Å²) < 4.78 is 33.8. The summed E-state index contributed by atoms with van der Waals surface area (Å²) in [6.45, 7) is 0.978. The topological polar surface area (TPSA) is 95.7 Å². The maximum Gasteiger partial charge on any atom is 0.271 e. The van der Waals surface area contributed by atoms with Crippen molar-refractivity contribution in [3.8, 4) is 5.75 Å². The molecule has 1 heterocycles. The molecule has 21 heavy (non-hydrogen) atoms. The van der Waals surface area contributed by atoms with Gasteiger partial charge in [0.2, 0.25) is 0 Å². The second-order valence-electron chi connectivity index (χ2n) is 4.60. The van der Waals surface area contributed by atoms with E-state index in [4.69, 9.17) is 20.2 Å². The van der Waals surface area contributed by atoms with E-state index in [9.17, 15) is 18.5 Å². The molecule has 9 heteroatoms. The molecule has 1 saturated heterocycles. The number of rotatable bonds is 6. The molecular formula is C12H14ClNO6S. The van der Waals surface area contributed by atoms with Crippen molar-refractivity contribution in [3.05, 3.63) is 28.3 Å². The van der Waals surface area contributed by atoms with Gasteiger partial charge in [0.25, 0.3) is 14.7 Å². The van der Waals surface area contributed by atoms with E-state index in [-0.39, 0.29) is 24.1 Å². The van der Waals surface area contributed by atoms with E-state index >= 15 is 0 Å². The van der Waals surface area contributed by atoms with Gasteiger partial charge in [-0.05, 0) is 18.9 Å². The van der Waals surface area contributed by atoms with Gasteiger partial charge in [-0.3, -0.25) is 10.1 Å². The molecule has 1 atom stereocenters. The summed E-state index contributed by atoms with van der Waals surface area (Å²) in [6, 6.07) is 3.31. The summed E-state index contributed by atoms with van der Waals surface area (Å²) in [7, 11) is 1.16. The number of benzene rings is 1. The number of hydrogen-bond acceptors (Lipinski definition) is 6. The Morgan fingerprint density at radius 3 is 2.81 bits per heavy atom. The first kappa shape index (κ1) is 16.0. The molecule has 116 valence electrons. The van der Waals surface area contributed by atoms with Crippen LogP contribution < -0.4 is 4.74 Å². The van der Waals surface area contributed by atoms with Crippen molar-refractivity contribution in [3.63, 3.8) is 0 Å².